The number of carboxylic acids is 1. The van der Waals surface area contributed by atoms with E-state index in [1.165, 1.54) is 0 Å². The van der Waals surface area contributed by atoms with Crippen molar-refractivity contribution < 1.29 is 9.90 Å². The van der Waals surface area contributed by atoms with E-state index in [0.717, 1.165) is 11.3 Å². The van der Waals surface area contributed by atoms with Gasteiger partial charge in [-0.1, -0.05) is 0 Å². The van der Waals surface area contributed by atoms with Gasteiger partial charge in [0.05, 0.1) is 26.7 Å². The van der Waals surface area contributed by atoms with Gasteiger partial charge in [-0.05, 0) is 19.1 Å². The Bertz CT molecular complexity index is 364. The van der Waals surface area contributed by atoms with Gasteiger partial charge in [0, 0.05) is 11.6 Å². The Morgan fingerprint density at radius 2 is 1.86 bits per heavy atom. The van der Waals surface area contributed by atoms with E-state index in [2.05, 4.69) is 21.1 Å². The van der Waals surface area contributed by atoms with Crippen molar-refractivity contribution in [2.75, 3.05) is 21.1 Å². The third kappa shape index (κ3) is 2.12. The molecular weight excluding hydrogens is 178 g/mol. The molecule has 1 aromatic rings. The van der Waals surface area contributed by atoms with Crippen molar-refractivity contribution in [1.82, 2.24) is 4.48 Å². The van der Waals surface area contributed by atoms with Gasteiger partial charge < -0.3 is 5.11 Å². The van der Waals surface area contributed by atoms with Gasteiger partial charge in [-0.15, -0.1) is 0 Å². The van der Waals surface area contributed by atoms with Gasteiger partial charge in [-0.25, -0.2) is 4.79 Å². The van der Waals surface area contributed by atoms with Crippen LogP contribution in [0, 0.1) is 6.92 Å². The monoisotopic (exact) mass is 194 g/mol. The molecule has 0 unspecified atom stereocenters. The minimum Gasteiger partial charge on any atom is -0.478 e. The van der Waals surface area contributed by atoms with E-state index in [1.54, 1.807) is 12.1 Å². The van der Waals surface area contributed by atoms with Gasteiger partial charge >= 0.3 is 5.97 Å². The van der Waals surface area contributed by atoms with Crippen LogP contribution in [0.5, 0.6) is 0 Å². The van der Waals surface area contributed by atoms with Crippen molar-refractivity contribution in [2.24, 2.45) is 0 Å². The van der Waals surface area contributed by atoms with Crippen LogP contribution in [0.15, 0.2) is 18.2 Å². The second-order valence-electron chi connectivity index (χ2n) is 4.32. The first kappa shape index (κ1) is 10.7. The molecule has 0 fully saturated rings. The average Bonchev–Trinajstić information content (AvgIpc) is 2.01. The molecule has 0 aromatic heterocycles. The molecule has 14 heavy (non-hydrogen) atoms. The van der Waals surface area contributed by atoms with Crippen LogP contribution in [0.3, 0.4) is 0 Å². The molecule has 0 amide bonds. The lowest BCUT2D eigenvalue weighted by molar-refractivity contribution is 0.0696. The third-order valence-corrected chi connectivity index (χ3v) is 2.17. The van der Waals surface area contributed by atoms with E-state index >= 15 is 0 Å². The van der Waals surface area contributed by atoms with Gasteiger partial charge in [0.15, 0.2) is 0 Å². The predicted molar refractivity (Wildman–Crippen MR) is 57.7 cm³/mol. The van der Waals surface area contributed by atoms with Crippen molar-refractivity contribution in [3.8, 4) is 0 Å². The van der Waals surface area contributed by atoms with E-state index in [4.69, 9.17) is 5.11 Å². The highest BCUT2D eigenvalue weighted by Gasteiger charge is 2.16. The lowest BCUT2D eigenvalue weighted by Crippen LogP contribution is -2.35. The average molecular weight is 194 g/mol. The molecule has 76 valence electrons. The number of hydrogen-bond donors (Lipinski definition) is 1. The van der Waals surface area contributed by atoms with E-state index in [1.807, 2.05) is 13.0 Å². The van der Waals surface area contributed by atoms with Gasteiger partial charge in [-0.3, -0.25) is 4.48 Å². The Morgan fingerprint density at radius 3 is 2.21 bits per heavy atom. The van der Waals surface area contributed by atoms with E-state index < -0.39 is 5.97 Å². The molecular formula is C11H16NO2+. The first-order chi connectivity index (χ1) is 6.32. The SMILES string of the molecule is Cc1cc(C(=O)O)ccc1[N+](C)(C)C. The largest absolute Gasteiger partial charge is 0.478 e. The number of quaternary nitrogens is 1. The molecule has 0 bridgehead atoms. The highest BCUT2D eigenvalue weighted by molar-refractivity contribution is 5.88. The van der Waals surface area contributed by atoms with Crippen LogP contribution in [-0.2, 0) is 0 Å². The number of benzene rings is 1. The zero-order valence-corrected chi connectivity index (χ0v) is 9.03. The molecule has 3 nitrogen and oxygen atoms in total. The molecule has 0 atom stereocenters. The molecule has 0 spiro atoms. The van der Waals surface area contributed by atoms with Crippen LogP contribution < -0.4 is 4.48 Å². The maximum absolute atomic E-state index is 10.7. The molecule has 0 saturated carbocycles. The van der Waals surface area contributed by atoms with Crippen LogP contribution >= 0.6 is 0 Å². The van der Waals surface area contributed by atoms with Gasteiger partial charge in [-0.2, -0.15) is 0 Å². The minimum atomic E-state index is -0.874. The van der Waals surface area contributed by atoms with Crippen LogP contribution in [0.1, 0.15) is 15.9 Å². The smallest absolute Gasteiger partial charge is 0.335 e. The zero-order valence-electron chi connectivity index (χ0n) is 9.03. The second-order valence-corrected chi connectivity index (χ2v) is 4.32. The number of carbonyl (C=O) groups is 1. The lowest BCUT2D eigenvalue weighted by Gasteiger charge is -2.25. The number of aromatic carboxylic acids is 1. The summed E-state index contributed by atoms with van der Waals surface area (Å²) in [6.07, 6.45) is 0. The summed E-state index contributed by atoms with van der Waals surface area (Å²) >= 11 is 0. The summed E-state index contributed by atoms with van der Waals surface area (Å²) in [5.41, 5.74) is 2.49. The fraction of sp³-hybridized carbons (Fsp3) is 0.364. The Hall–Kier alpha value is -1.35. The summed E-state index contributed by atoms with van der Waals surface area (Å²) in [5.74, 6) is -0.874. The minimum absolute atomic E-state index is 0.347. The van der Waals surface area contributed by atoms with E-state index in [9.17, 15) is 4.79 Å². The zero-order chi connectivity index (χ0) is 10.9. The van der Waals surface area contributed by atoms with Gasteiger partial charge in [0.25, 0.3) is 0 Å². The summed E-state index contributed by atoms with van der Waals surface area (Å²) in [7, 11) is 6.17. The number of carboxylic acid groups (broad SMARTS) is 1. The first-order valence-electron chi connectivity index (χ1n) is 4.48. The Labute approximate surface area is 84.2 Å². The normalized spacial score (nSPS) is 11.4. The van der Waals surface area contributed by atoms with Gasteiger partial charge in [0.2, 0.25) is 0 Å². The second kappa shape index (κ2) is 3.42. The van der Waals surface area contributed by atoms with Crippen LogP contribution in [0.2, 0.25) is 0 Å². The van der Waals surface area contributed by atoms with Crippen molar-refractivity contribution >= 4 is 11.7 Å². The van der Waals surface area contributed by atoms with Crippen LogP contribution in [-0.4, -0.2) is 32.2 Å². The molecule has 0 aliphatic carbocycles. The summed E-state index contributed by atoms with van der Waals surface area (Å²) in [5, 5.41) is 8.80. The van der Waals surface area contributed by atoms with Gasteiger partial charge in [0.1, 0.15) is 5.69 Å². The molecule has 0 aliphatic rings. The maximum atomic E-state index is 10.7. The Kier molecular flexibility index (Phi) is 2.62. The molecule has 1 aromatic carbocycles. The summed E-state index contributed by atoms with van der Waals surface area (Å²) in [4.78, 5) is 10.7. The fourth-order valence-corrected chi connectivity index (χ4v) is 1.54. The highest BCUT2D eigenvalue weighted by Crippen LogP contribution is 2.22. The highest BCUT2D eigenvalue weighted by atomic mass is 16.4. The van der Waals surface area contributed by atoms with Crippen molar-refractivity contribution in [2.45, 2.75) is 6.92 Å². The molecule has 0 radical (unpaired) electrons. The molecule has 1 N–H and O–H groups in total. The van der Waals surface area contributed by atoms with E-state index in [0.29, 0.717) is 10.0 Å². The van der Waals surface area contributed by atoms with Crippen LogP contribution in [0.25, 0.3) is 0 Å². The molecule has 3 heteroatoms. The lowest BCUT2D eigenvalue weighted by atomic mass is 10.1. The number of aryl methyl sites for hydroxylation is 1. The van der Waals surface area contributed by atoms with Crippen molar-refractivity contribution in [3.63, 3.8) is 0 Å². The topological polar surface area (TPSA) is 37.3 Å². The van der Waals surface area contributed by atoms with Crippen molar-refractivity contribution in [1.29, 1.82) is 0 Å². The fourth-order valence-electron chi connectivity index (χ4n) is 1.54. The Morgan fingerprint density at radius 1 is 1.29 bits per heavy atom. The third-order valence-electron chi connectivity index (χ3n) is 2.17. The summed E-state index contributed by atoms with van der Waals surface area (Å²) in [6.45, 7) is 1.94. The standard InChI is InChI=1S/C11H15NO2/c1-8-7-9(11(13)14)5-6-10(8)12(2,3)4/h5-7H,1-4H3/p+1. The molecule has 1 rings (SSSR count). The van der Waals surface area contributed by atoms with Crippen LogP contribution in [0.4, 0.5) is 5.69 Å². The maximum Gasteiger partial charge on any atom is 0.335 e. The number of rotatable bonds is 2. The molecule has 0 saturated heterocycles. The number of nitrogens with zero attached hydrogens (tertiary/aromatic N) is 1. The summed E-state index contributed by atoms with van der Waals surface area (Å²) < 4.78 is 0.700. The molecule has 0 heterocycles. The Balaban J connectivity index is 3.21. The quantitative estimate of drug-likeness (QED) is 0.730. The van der Waals surface area contributed by atoms with E-state index in [-0.39, 0.29) is 0 Å². The first-order valence-corrected chi connectivity index (χ1v) is 4.48. The summed E-state index contributed by atoms with van der Waals surface area (Å²) in [6, 6.07) is 5.23. The molecule has 0 aliphatic heterocycles. The van der Waals surface area contributed by atoms with Crippen molar-refractivity contribution in [3.05, 3.63) is 29.3 Å². The number of hydrogen-bond acceptors (Lipinski definition) is 1. The predicted octanol–water partition coefficient (Wildman–Crippen LogP) is 1.89.